The van der Waals surface area contributed by atoms with Gasteiger partial charge in [-0.2, -0.15) is 0 Å². The number of guanidine groups is 1. The summed E-state index contributed by atoms with van der Waals surface area (Å²) in [5.74, 6) is 2.34. The number of aliphatic imine (C=N–C) groups is 1. The van der Waals surface area contributed by atoms with Gasteiger partial charge in [0.25, 0.3) is 0 Å². The largest absolute Gasteiger partial charge is 0.377 e. The number of ether oxygens (including phenoxy) is 1. The summed E-state index contributed by atoms with van der Waals surface area (Å²) in [7, 11) is 1.85. The summed E-state index contributed by atoms with van der Waals surface area (Å²) in [6.07, 6.45) is 5.60. The first kappa shape index (κ1) is 21.9. The topological polar surface area (TPSA) is 61.8 Å². The van der Waals surface area contributed by atoms with Crippen molar-refractivity contribution in [1.82, 2.24) is 15.6 Å². The summed E-state index contributed by atoms with van der Waals surface area (Å²) >= 11 is 6.30. The van der Waals surface area contributed by atoms with E-state index in [9.17, 15) is 0 Å². The number of nitrogens with one attached hydrogen (secondary N) is 2. The highest BCUT2D eigenvalue weighted by atomic mass is 127. The molecule has 3 aliphatic rings. The van der Waals surface area contributed by atoms with Gasteiger partial charge in [-0.1, -0.05) is 25.4 Å². The van der Waals surface area contributed by atoms with Crippen molar-refractivity contribution in [3.05, 3.63) is 23.4 Å². The van der Waals surface area contributed by atoms with Gasteiger partial charge in [-0.15, -0.1) is 24.0 Å². The van der Waals surface area contributed by atoms with E-state index in [0.29, 0.717) is 29.1 Å². The summed E-state index contributed by atoms with van der Waals surface area (Å²) in [6, 6.07) is 4.49. The van der Waals surface area contributed by atoms with Gasteiger partial charge < -0.3 is 20.3 Å². The molecule has 3 heterocycles. The van der Waals surface area contributed by atoms with E-state index >= 15 is 0 Å². The Kier molecular flexibility index (Phi) is 6.97. The maximum absolute atomic E-state index is 6.30. The quantitative estimate of drug-likeness (QED) is 0.365. The second kappa shape index (κ2) is 8.92. The van der Waals surface area contributed by atoms with Crippen LogP contribution in [-0.2, 0) is 4.74 Å². The fourth-order valence-corrected chi connectivity index (χ4v) is 5.25. The number of aromatic nitrogens is 1. The Morgan fingerprint density at radius 1 is 1.36 bits per heavy atom. The minimum atomic E-state index is 0. The van der Waals surface area contributed by atoms with E-state index in [2.05, 4.69) is 39.4 Å². The zero-order valence-corrected chi connectivity index (χ0v) is 19.9. The van der Waals surface area contributed by atoms with Crippen molar-refractivity contribution >= 4 is 47.4 Å². The lowest BCUT2D eigenvalue weighted by Gasteiger charge is -2.60. The van der Waals surface area contributed by atoms with Gasteiger partial charge >= 0.3 is 0 Å². The van der Waals surface area contributed by atoms with E-state index in [-0.39, 0.29) is 29.4 Å². The Balaban J connectivity index is 0.00000225. The predicted molar refractivity (Wildman–Crippen MR) is 125 cm³/mol. The average Bonchev–Trinajstić information content (AvgIpc) is 3.13. The molecule has 156 valence electrons. The third-order valence-electron chi connectivity index (χ3n) is 6.41. The van der Waals surface area contributed by atoms with Crippen molar-refractivity contribution in [2.75, 3.05) is 31.6 Å². The van der Waals surface area contributed by atoms with Crippen molar-refractivity contribution in [1.29, 1.82) is 0 Å². The predicted octanol–water partition coefficient (Wildman–Crippen LogP) is 3.30. The van der Waals surface area contributed by atoms with Crippen LogP contribution in [0.2, 0.25) is 5.02 Å². The molecule has 2 N–H and O–H groups in total. The summed E-state index contributed by atoms with van der Waals surface area (Å²) in [5, 5.41) is 8.00. The fraction of sp³-hybridized carbons (Fsp3) is 0.700. The normalized spacial score (nSPS) is 31.4. The number of rotatable bonds is 3. The Bertz CT molecular complexity index is 716. The third-order valence-corrected chi connectivity index (χ3v) is 6.71. The van der Waals surface area contributed by atoms with Gasteiger partial charge in [0.05, 0.1) is 11.1 Å². The van der Waals surface area contributed by atoms with Crippen molar-refractivity contribution < 1.29 is 4.74 Å². The monoisotopic (exact) mass is 519 g/mol. The first-order valence-electron chi connectivity index (χ1n) is 9.97. The molecule has 1 aliphatic carbocycles. The summed E-state index contributed by atoms with van der Waals surface area (Å²) < 4.78 is 6.02. The number of hydrogen-bond donors (Lipinski definition) is 2. The molecule has 6 nitrogen and oxygen atoms in total. The van der Waals surface area contributed by atoms with Gasteiger partial charge in [-0.3, -0.25) is 4.99 Å². The van der Waals surface area contributed by atoms with Crippen LogP contribution >= 0.6 is 35.6 Å². The highest BCUT2D eigenvalue weighted by Gasteiger charge is 2.58. The summed E-state index contributed by atoms with van der Waals surface area (Å²) in [4.78, 5) is 11.2. The van der Waals surface area contributed by atoms with E-state index in [0.717, 1.165) is 44.3 Å². The summed E-state index contributed by atoms with van der Waals surface area (Å²) in [5.41, 5.74) is 0.131. The molecule has 28 heavy (non-hydrogen) atoms. The van der Waals surface area contributed by atoms with E-state index in [1.165, 1.54) is 6.42 Å². The van der Waals surface area contributed by atoms with Crippen molar-refractivity contribution in [2.45, 2.75) is 51.3 Å². The molecule has 8 heteroatoms. The molecule has 4 rings (SSSR count). The Morgan fingerprint density at radius 3 is 2.93 bits per heavy atom. The van der Waals surface area contributed by atoms with E-state index in [1.54, 1.807) is 6.20 Å². The number of anilines is 1. The summed E-state index contributed by atoms with van der Waals surface area (Å²) in [6.45, 7) is 7.31. The molecule has 1 saturated carbocycles. The van der Waals surface area contributed by atoms with Crippen LogP contribution in [0.15, 0.2) is 23.3 Å². The second-order valence-corrected chi connectivity index (χ2v) is 8.91. The van der Waals surface area contributed by atoms with Gasteiger partial charge in [-0.05, 0) is 31.4 Å². The van der Waals surface area contributed by atoms with Crippen LogP contribution in [0.5, 0.6) is 0 Å². The molecule has 3 fully saturated rings. The Hall–Kier alpha value is -0.800. The first-order chi connectivity index (χ1) is 13.0. The molecule has 4 atom stereocenters. The standard InChI is InChI=1S/C20H30ClN5O.HI/c1-20(2)16(14-6-5-11-27-17(14)20)25-19(22-3)24-13-8-10-26(12-13)18-15(21)7-4-9-23-18;/h4,7,9,13-14,16-17H,5-6,8,10-12H2,1-3H3,(H2,22,24,25);1H. The highest BCUT2D eigenvalue weighted by molar-refractivity contribution is 14.0. The molecule has 0 bridgehead atoms. The fourth-order valence-electron chi connectivity index (χ4n) is 5.01. The Labute approximate surface area is 189 Å². The van der Waals surface area contributed by atoms with E-state index in [4.69, 9.17) is 16.3 Å². The number of pyridine rings is 1. The minimum Gasteiger partial charge on any atom is -0.377 e. The van der Waals surface area contributed by atoms with E-state index < -0.39 is 0 Å². The molecule has 0 radical (unpaired) electrons. The van der Waals surface area contributed by atoms with Crippen LogP contribution in [0.4, 0.5) is 5.82 Å². The van der Waals surface area contributed by atoms with Crippen LogP contribution < -0.4 is 15.5 Å². The lowest BCUT2D eigenvalue weighted by Crippen LogP contribution is -2.71. The second-order valence-electron chi connectivity index (χ2n) is 8.50. The number of halogens is 2. The third kappa shape index (κ3) is 4.07. The van der Waals surface area contributed by atoms with Gasteiger partial charge in [-0.25, -0.2) is 4.98 Å². The molecule has 4 unspecified atom stereocenters. The molecule has 0 amide bonds. The van der Waals surface area contributed by atoms with Crippen molar-refractivity contribution in [3.8, 4) is 0 Å². The Morgan fingerprint density at radius 2 is 2.18 bits per heavy atom. The number of fused-ring (bicyclic) bond motifs is 1. The SMILES string of the molecule is CN=C(NC1CCN(c2ncccc2Cl)C1)NC1C2CCCOC2C1(C)C.I. The van der Waals surface area contributed by atoms with E-state index in [1.807, 2.05) is 19.2 Å². The zero-order chi connectivity index (χ0) is 19.0. The number of nitrogens with zero attached hydrogens (tertiary/aromatic N) is 3. The molecule has 0 aromatic carbocycles. The molecular weight excluding hydrogens is 489 g/mol. The van der Waals surface area contributed by atoms with Gasteiger partial charge in [0.1, 0.15) is 5.82 Å². The average molecular weight is 520 g/mol. The van der Waals surface area contributed by atoms with Crippen LogP contribution in [0.1, 0.15) is 33.1 Å². The lowest BCUT2D eigenvalue weighted by molar-refractivity contribution is -0.188. The molecule has 2 saturated heterocycles. The van der Waals surface area contributed by atoms with Gasteiger partial charge in [0, 0.05) is 56.4 Å². The minimum absolute atomic E-state index is 0. The molecular formula is C20H31ClIN5O. The van der Waals surface area contributed by atoms with Crippen LogP contribution in [0.3, 0.4) is 0 Å². The zero-order valence-electron chi connectivity index (χ0n) is 16.8. The van der Waals surface area contributed by atoms with Crippen LogP contribution in [0, 0.1) is 11.3 Å². The maximum Gasteiger partial charge on any atom is 0.191 e. The van der Waals surface area contributed by atoms with Crippen LogP contribution in [0.25, 0.3) is 0 Å². The van der Waals surface area contributed by atoms with Gasteiger partial charge in [0.2, 0.25) is 0 Å². The van der Waals surface area contributed by atoms with Crippen LogP contribution in [-0.4, -0.2) is 55.9 Å². The van der Waals surface area contributed by atoms with Crippen molar-refractivity contribution in [2.24, 2.45) is 16.3 Å². The molecule has 2 aliphatic heterocycles. The van der Waals surface area contributed by atoms with Gasteiger partial charge in [0.15, 0.2) is 5.96 Å². The smallest absolute Gasteiger partial charge is 0.191 e. The molecule has 1 aromatic rings. The lowest BCUT2D eigenvalue weighted by atomic mass is 9.55. The van der Waals surface area contributed by atoms with Crippen molar-refractivity contribution in [3.63, 3.8) is 0 Å². The first-order valence-corrected chi connectivity index (χ1v) is 10.4. The molecule has 0 spiro atoms. The maximum atomic E-state index is 6.30. The number of hydrogen-bond acceptors (Lipinski definition) is 4. The highest BCUT2D eigenvalue weighted by Crippen LogP contribution is 2.51. The molecule has 1 aromatic heterocycles.